The van der Waals surface area contributed by atoms with Crippen molar-refractivity contribution in [2.75, 3.05) is 19.7 Å². The quantitative estimate of drug-likeness (QED) is 0.907. The zero-order valence-electron chi connectivity index (χ0n) is 13.4. The second kappa shape index (κ2) is 5.71. The van der Waals surface area contributed by atoms with E-state index in [4.69, 9.17) is 0 Å². The van der Waals surface area contributed by atoms with E-state index >= 15 is 0 Å². The molecule has 0 amide bonds. The van der Waals surface area contributed by atoms with Crippen LogP contribution in [-0.4, -0.2) is 34.7 Å². The molecule has 3 aliphatic heterocycles. The van der Waals surface area contributed by atoms with Crippen LogP contribution in [0.3, 0.4) is 0 Å². The molecule has 1 aromatic heterocycles. The molecular formula is C19H26N2O. The van der Waals surface area contributed by atoms with E-state index in [1.807, 2.05) is 0 Å². The first kappa shape index (κ1) is 14.3. The molecule has 2 aromatic rings. The van der Waals surface area contributed by atoms with Gasteiger partial charge in [0.05, 0.1) is 6.04 Å². The Balaban J connectivity index is 1.73. The molecule has 118 valence electrons. The number of hydrogen-bond donors (Lipinski definition) is 2. The van der Waals surface area contributed by atoms with Gasteiger partial charge in [-0.1, -0.05) is 31.5 Å². The van der Waals surface area contributed by atoms with Crippen LogP contribution in [0.1, 0.15) is 43.5 Å². The first-order valence-corrected chi connectivity index (χ1v) is 8.76. The third-order valence-corrected chi connectivity index (χ3v) is 5.96. The number of hydrogen-bond acceptors (Lipinski definition) is 2. The standard InChI is InChI=1S/C19H26N2O/c1-2-13-12-21-9-7-14(13)11-18(21)19-16(8-10-22)15-5-3-4-6-17(15)20-19/h3-6,13-14,18,20,22H,2,7-12H2,1H3/t13?,14?,18-/m0/s1. The molecule has 3 fully saturated rings. The van der Waals surface area contributed by atoms with Crippen LogP contribution in [0.2, 0.25) is 0 Å². The lowest BCUT2D eigenvalue weighted by atomic mass is 9.73. The molecule has 0 aliphatic carbocycles. The van der Waals surface area contributed by atoms with E-state index in [1.54, 1.807) is 0 Å². The first-order chi connectivity index (χ1) is 10.8. The zero-order valence-corrected chi connectivity index (χ0v) is 13.4. The van der Waals surface area contributed by atoms with Gasteiger partial charge in [0, 0.05) is 29.7 Å². The summed E-state index contributed by atoms with van der Waals surface area (Å²) in [7, 11) is 0. The van der Waals surface area contributed by atoms with Gasteiger partial charge in [-0.05, 0) is 49.3 Å². The van der Waals surface area contributed by atoms with E-state index < -0.39 is 0 Å². The summed E-state index contributed by atoms with van der Waals surface area (Å²) in [5, 5.41) is 10.8. The SMILES string of the molecule is CCC1CN2CCC1C[C@H]2c1[nH]c2ccccc2c1CCO. The van der Waals surface area contributed by atoms with Crippen LogP contribution in [0, 0.1) is 11.8 Å². The van der Waals surface area contributed by atoms with Crippen molar-refractivity contribution in [1.82, 2.24) is 9.88 Å². The number of para-hydroxylation sites is 1. The molecule has 3 nitrogen and oxygen atoms in total. The van der Waals surface area contributed by atoms with Crippen LogP contribution >= 0.6 is 0 Å². The van der Waals surface area contributed by atoms with Crippen LogP contribution in [0.4, 0.5) is 0 Å². The molecule has 3 aliphatic rings. The summed E-state index contributed by atoms with van der Waals surface area (Å²) in [6.45, 7) is 5.05. The van der Waals surface area contributed by atoms with Gasteiger partial charge in [-0.2, -0.15) is 0 Å². The normalized spacial score (nSPS) is 31.0. The monoisotopic (exact) mass is 298 g/mol. The van der Waals surface area contributed by atoms with E-state index in [2.05, 4.69) is 41.1 Å². The van der Waals surface area contributed by atoms with Crippen molar-refractivity contribution in [2.45, 2.75) is 38.6 Å². The number of piperidine rings is 3. The number of fused-ring (bicyclic) bond motifs is 4. The molecule has 0 spiro atoms. The van der Waals surface area contributed by atoms with E-state index in [-0.39, 0.29) is 6.61 Å². The fourth-order valence-corrected chi connectivity index (χ4v) is 4.79. The number of aromatic nitrogens is 1. The zero-order chi connectivity index (χ0) is 15.1. The average molecular weight is 298 g/mol. The third kappa shape index (κ3) is 2.19. The molecule has 4 atom stereocenters. The minimum atomic E-state index is 0.225. The Morgan fingerprint density at radius 1 is 1.32 bits per heavy atom. The Morgan fingerprint density at radius 2 is 2.18 bits per heavy atom. The van der Waals surface area contributed by atoms with Gasteiger partial charge in [-0.25, -0.2) is 0 Å². The Kier molecular flexibility index (Phi) is 3.71. The molecule has 1 aromatic carbocycles. The molecule has 4 heterocycles. The fraction of sp³-hybridized carbons (Fsp3) is 0.579. The lowest BCUT2D eigenvalue weighted by Gasteiger charge is -2.50. The van der Waals surface area contributed by atoms with Crippen molar-refractivity contribution in [3.63, 3.8) is 0 Å². The summed E-state index contributed by atoms with van der Waals surface area (Å²) >= 11 is 0. The summed E-state index contributed by atoms with van der Waals surface area (Å²) in [5.74, 6) is 1.77. The van der Waals surface area contributed by atoms with Gasteiger partial charge in [-0.15, -0.1) is 0 Å². The van der Waals surface area contributed by atoms with Crippen molar-refractivity contribution >= 4 is 10.9 Å². The number of aromatic amines is 1. The van der Waals surface area contributed by atoms with Gasteiger partial charge in [0.15, 0.2) is 0 Å². The van der Waals surface area contributed by atoms with Gasteiger partial charge >= 0.3 is 0 Å². The van der Waals surface area contributed by atoms with Crippen LogP contribution in [-0.2, 0) is 6.42 Å². The average Bonchev–Trinajstić information content (AvgIpc) is 2.94. The molecular weight excluding hydrogens is 272 g/mol. The number of nitrogens with one attached hydrogen (secondary N) is 1. The number of aliphatic hydroxyl groups is 1. The predicted molar refractivity (Wildman–Crippen MR) is 89.9 cm³/mol. The molecule has 2 bridgehead atoms. The lowest BCUT2D eigenvalue weighted by Crippen LogP contribution is -2.49. The summed E-state index contributed by atoms with van der Waals surface area (Å²) < 4.78 is 0. The predicted octanol–water partition coefficient (Wildman–Crippen LogP) is 3.50. The minimum Gasteiger partial charge on any atom is -0.396 e. The van der Waals surface area contributed by atoms with E-state index in [0.29, 0.717) is 6.04 Å². The lowest BCUT2D eigenvalue weighted by molar-refractivity contribution is -0.00300. The van der Waals surface area contributed by atoms with Crippen molar-refractivity contribution in [3.8, 4) is 0 Å². The topological polar surface area (TPSA) is 39.3 Å². The Bertz CT molecular complexity index is 662. The van der Waals surface area contributed by atoms with Crippen LogP contribution in [0.25, 0.3) is 10.9 Å². The van der Waals surface area contributed by atoms with Gasteiger partial charge in [0.1, 0.15) is 0 Å². The highest BCUT2D eigenvalue weighted by Gasteiger charge is 2.41. The highest BCUT2D eigenvalue weighted by Crippen LogP contribution is 2.45. The molecule has 2 N–H and O–H groups in total. The van der Waals surface area contributed by atoms with E-state index in [1.165, 1.54) is 54.5 Å². The van der Waals surface area contributed by atoms with Crippen molar-refractivity contribution in [2.24, 2.45) is 11.8 Å². The van der Waals surface area contributed by atoms with Crippen molar-refractivity contribution in [1.29, 1.82) is 0 Å². The summed E-state index contributed by atoms with van der Waals surface area (Å²) in [6.07, 6.45) is 4.71. The van der Waals surface area contributed by atoms with Crippen molar-refractivity contribution < 1.29 is 5.11 Å². The van der Waals surface area contributed by atoms with Gasteiger partial charge < -0.3 is 10.1 Å². The van der Waals surface area contributed by atoms with Crippen molar-refractivity contribution in [3.05, 3.63) is 35.5 Å². The molecule has 5 rings (SSSR count). The Hall–Kier alpha value is -1.32. The fourth-order valence-electron chi connectivity index (χ4n) is 4.79. The summed E-state index contributed by atoms with van der Waals surface area (Å²) in [5.41, 5.74) is 3.92. The van der Waals surface area contributed by atoms with Crippen LogP contribution < -0.4 is 0 Å². The third-order valence-electron chi connectivity index (χ3n) is 5.96. The first-order valence-electron chi connectivity index (χ1n) is 8.76. The maximum atomic E-state index is 9.50. The maximum Gasteiger partial charge on any atom is 0.0504 e. The molecule has 3 saturated heterocycles. The Morgan fingerprint density at radius 3 is 2.91 bits per heavy atom. The summed E-state index contributed by atoms with van der Waals surface area (Å²) in [6, 6.07) is 9.05. The van der Waals surface area contributed by atoms with Gasteiger partial charge in [-0.3, -0.25) is 4.90 Å². The molecule has 3 heteroatoms. The number of rotatable bonds is 4. The molecule has 3 unspecified atom stereocenters. The van der Waals surface area contributed by atoms with E-state index in [0.717, 1.165) is 18.3 Å². The minimum absolute atomic E-state index is 0.225. The van der Waals surface area contributed by atoms with Gasteiger partial charge in [0.25, 0.3) is 0 Å². The number of nitrogens with zero attached hydrogens (tertiary/aromatic N) is 1. The highest BCUT2D eigenvalue weighted by atomic mass is 16.2. The summed E-state index contributed by atoms with van der Waals surface area (Å²) in [4.78, 5) is 6.36. The maximum absolute atomic E-state index is 9.50. The second-order valence-corrected chi connectivity index (χ2v) is 7.00. The molecule has 0 radical (unpaired) electrons. The largest absolute Gasteiger partial charge is 0.396 e. The number of benzene rings is 1. The van der Waals surface area contributed by atoms with E-state index in [9.17, 15) is 5.11 Å². The highest BCUT2D eigenvalue weighted by molar-refractivity contribution is 5.84. The molecule has 22 heavy (non-hydrogen) atoms. The smallest absolute Gasteiger partial charge is 0.0504 e. The number of H-pyrrole nitrogens is 1. The van der Waals surface area contributed by atoms with Crippen LogP contribution in [0.15, 0.2) is 24.3 Å². The Labute approximate surface area is 132 Å². The number of aliphatic hydroxyl groups excluding tert-OH is 1. The van der Waals surface area contributed by atoms with Gasteiger partial charge in [0.2, 0.25) is 0 Å². The second-order valence-electron chi connectivity index (χ2n) is 7.00. The molecule has 0 saturated carbocycles. The van der Waals surface area contributed by atoms with Crippen LogP contribution in [0.5, 0.6) is 0 Å².